The fraction of sp³-hybridized carbons (Fsp3) is 0.727. The van der Waals surface area contributed by atoms with Gasteiger partial charge in [-0.05, 0) is 32.4 Å². The van der Waals surface area contributed by atoms with Crippen LogP contribution in [0.2, 0.25) is 0 Å². The van der Waals surface area contributed by atoms with Gasteiger partial charge in [0.15, 0.2) is 0 Å². The van der Waals surface area contributed by atoms with Crippen molar-refractivity contribution >= 4 is 23.1 Å². The van der Waals surface area contributed by atoms with Crippen LogP contribution in [-0.2, 0) is 6.42 Å². The highest BCUT2D eigenvalue weighted by Crippen LogP contribution is 2.41. The Balaban J connectivity index is 2.03. The van der Waals surface area contributed by atoms with E-state index in [2.05, 4.69) is 19.2 Å². The van der Waals surface area contributed by atoms with Crippen LogP contribution in [-0.4, -0.2) is 16.3 Å². The van der Waals surface area contributed by atoms with Crippen LogP contribution in [0.25, 0.3) is 0 Å². The van der Waals surface area contributed by atoms with Crippen LogP contribution in [0.3, 0.4) is 0 Å². The summed E-state index contributed by atoms with van der Waals surface area (Å²) in [6.07, 6.45) is 3.51. The number of aromatic nitrogens is 1. The van der Waals surface area contributed by atoms with Crippen molar-refractivity contribution in [1.82, 2.24) is 4.98 Å². The number of hydrogen-bond donors (Lipinski definition) is 1. The van der Waals surface area contributed by atoms with Gasteiger partial charge in [-0.1, -0.05) is 0 Å². The van der Waals surface area contributed by atoms with Crippen molar-refractivity contribution in [1.29, 1.82) is 0 Å². The van der Waals surface area contributed by atoms with Crippen molar-refractivity contribution in [3.05, 3.63) is 16.1 Å². The Morgan fingerprint density at radius 1 is 1.60 bits per heavy atom. The predicted molar refractivity (Wildman–Crippen MR) is 68.5 cm³/mol. The first kappa shape index (κ1) is 11.4. The minimum absolute atomic E-state index is 0.145. The molecule has 0 bridgehead atoms. The molecule has 1 saturated heterocycles. The molecule has 1 aromatic rings. The molecule has 0 saturated carbocycles. The summed E-state index contributed by atoms with van der Waals surface area (Å²) in [5, 5.41) is 4.13. The van der Waals surface area contributed by atoms with Crippen LogP contribution in [0.4, 0.5) is 0 Å². The summed E-state index contributed by atoms with van der Waals surface area (Å²) in [4.78, 5) is 4.70. The normalized spacial score (nSPS) is 22.2. The summed E-state index contributed by atoms with van der Waals surface area (Å²) >= 11 is 3.84. The lowest BCUT2D eigenvalue weighted by Crippen LogP contribution is -2.34. The first-order valence-electron chi connectivity index (χ1n) is 5.39. The van der Waals surface area contributed by atoms with E-state index < -0.39 is 0 Å². The Kier molecular flexibility index (Phi) is 3.38. The molecule has 0 aromatic carbocycles. The third-order valence-electron chi connectivity index (χ3n) is 2.41. The van der Waals surface area contributed by atoms with Crippen LogP contribution in [0.5, 0.6) is 0 Å². The van der Waals surface area contributed by atoms with Gasteiger partial charge in [-0.15, -0.1) is 11.3 Å². The molecule has 1 atom stereocenters. The molecule has 84 valence electrons. The van der Waals surface area contributed by atoms with Crippen LogP contribution in [0.15, 0.2) is 5.38 Å². The quantitative estimate of drug-likeness (QED) is 0.885. The highest BCUT2D eigenvalue weighted by atomic mass is 32.2. The molecule has 1 fully saturated rings. The van der Waals surface area contributed by atoms with Gasteiger partial charge < -0.3 is 5.73 Å². The zero-order valence-electron chi connectivity index (χ0n) is 9.32. The molecule has 2 heterocycles. The lowest BCUT2D eigenvalue weighted by molar-refractivity contribution is 0.511. The smallest absolute Gasteiger partial charge is 0.106 e. The average Bonchev–Trinajstić information content (AvgIpc) is 2.68. The van der Waals surface area contributed by atoms with E-state index in [0.29, 0.717) is 5.25 Å². The number of hydrogen-bond acceptors (Lipinski definition) is 4. The molecule has 0 spiro atoms. The Morgan fingerprint density at radius 3 is 3.00 bits per heavy atom. The standard InChI is InChI=1S/C11H18N2S2/c1-11(2,12)6-8-7-15-10(13-8)9-4-3-5-14-9/h7,9H,3-6,12H2,1-2H3. The third-order valence-corrected chi connectivity index (χ3v) is 4.95. The molecular formula is C11H18N2S2. The van der Waals surface area contributed by atoms with E-state index in [9.17, 15) is 0 Å². The van der Waals surface area contributed by atoms with E-state index in [-0.39, 0.29) is 5.54 Å². The molecule has 1 aliphatic rings. The monoisotopic (exact) mass is 242 g/mol. The number of nitrogens with two attached hydrogens (primary N) is 1. The van der Waals surface area contributed by atoms with Crippen molar-refractivity contribution in [2.75, 3.05) is 5.75 Å². The van der Waals surface area contributed by atoms with Gasteiger partial charge in [0.2, 0.25) is 0 Å². The average molecular weight is 242 g/mol. The molecule has 1 unspecified atom stereocenters. The summed E-state index contributed by atoms with van der Waals surface area (Å²) < 4.78 is 0. The third kappa shape index (κ3) is 3.20. The maximum atomic E-state index is 5.99. The fourth-order valence-electron chi connectivity index (χ4n) is 1.79. The Hall–Kier alpha value is -0.0600. The highest BCUT2D eigenvalue weighted by molar-refractivity contribution is 7.99. The summed E-state index contributed by atoms with van der Waals surface area (Å²) in [5.74, 6) is 1.29. The van der Waals surface area contributed by atoms with E-state index >= 15 is 0 Å². The first-order chi connectivity index (χ1) is 7.04. The van der Waals surface area contributed by atoms with E-state index in [0.717, 1.165) is 12.1 Å². The summed E-state index contributed by atoms with van der Waals surface area (Å²) in [6.45, 7) is 4.10. The fourth-order valence-corrected chi connectivity index (χ4v) is 4.14. The van der Waals surface area contributed by atoms with E-state index in [1.165, 1.54) is 23.6 Å². The summed E-state index contributed by atoms with van der Waals surface area (Å²) in [5.41, 5.74) is 7.01. The molecule has 2 N–H and O–H groups in total. The number of thiazole rings is 1. The Labute approximate surface area is 99.7 Å². The van der Waals surface area contributed by atoms with Gasteiger partial charge in [0.05, 0.1) is 10.9 Å². The molecule has 0 amide bonds. The largest absolute Gasteiger partial charge is 0.325 e. The van der Waals surface area contributed by atoms with Crippen molar-refractivity contribution < 1.29 is 0 Å². The van der Waals surface area contributed by atoms with Crippen LogP contribution in [0.1, 0.15) is 42.6 Å². The minimum atomic E-state index is -0.145. The van der Waals surface area contributed by atoms with E-state index in [4.69, 9.17) is 10.7 Å². The molecular weight excluding hydrogens is 224 g/mol. The van der Waals surface area contributed by atoms with Crippen LogP contribution >= 0.6 is 23.1 Å². The Morgan fingerprint density at radius 2 is 2.40 bits per heavy atom. The first-order valence-corrected chi connectivity index (χ1v) is 7.32. The molecule has 2 rings (SSSR count). The van der Waals surface area contributed by atoms with Gasteiger partial charge in [0, 0.05) is 17.3 Å². The topological polar surface area (TPSA) is 38.9 Å². The molecule has 1 aromatic heterocycles. The summed E-state index contributed by atoms with van der Waals surface area (Å²) in [7, 11) is 0. The second-order valence-corrected chi connectivity index (χ2v) is 7.04. The molecule has 0 aliphatic carbocycles. The zero-order chi connectivity index (χ0) is 10.9. The second kappa shape index (κ2) is 4.44. The van der Waals surface area contributed by atoms with Gasteiger partial charge in [-0.2, -0.15) is 11.8 Å². The molecule has 1 aliphatic heterocycles. The van der Waals surface area contributed by atoms with E-state index in [1.807, 2.05) is 11.8 Å². The predicted octanol–water partition coefficient (Wildman–Crippen LogP) is 2.99. The van der Waals surface area contributed by atoms with Gasteiger partial charge in [0.1, 0.15) is 5.01 Å². The molecule has 15 heavy (non-hydrogen) atoms. The molecule has 2 nitrogen and oxygen atoms in total. The van der Waals surface area contributed by atoms with Crippen LogP contribution < -0.4 is 5.73 Å². The lowest BCUT2D eigenvalue weighted by atomic mass is 10.0. The van der Waals surface area contributed by atoms with Gasteiger partial charge in [-0.3, -0.25) is 0 Å². The van der Waals surface area contributed by atoms with Crippen molar-refractivity contribution in [3.8, 4) is 0 Å². The Bertz CT molecular complexity index is 322. The van der Waals surface area contributed by atoms with Crippen molar-refractivity contribution in [2.45, 2.75) is 43.9 Å². The number of thioether (sulfide) groups is 1. The number of nitrogens with zero attached hydrogens (tertiary/aromatic N) is 1. The van der Waals surface area contributed by atoms with Crippen molar-refractivity contribution in [3.63, 3.8) is 0 Å². The van der Waals surface area contributed by atoms with Crippen molar-refractivity contribution in [2.24, 2.45) is 5.73 Å². The van der Waals surface area contributed by atoms with E-state index in [1.54, 1.807) is 11.3 Å². The number of rotatable bonds is 3. The lowest BCUT2D eigenvalue weighted by Gasteiger charge is -2.16. The summed E-state index contributed by atoms with van der Waals surface area (Å²) in [6, 6.07) is 0. The second-order valence-electron chi connectivity index (χ2n) is 4.84. The van der Waals surface area contributed by atoms with Gasteiger partial charge in [0.25, 0.3) is 0 Å². The SMILES string of the molecule is CC(C)(N)Cc1csc(C2CCCS2)n1. The van der Waals surface area contributed by atoms with Crippen LogP contribution in [0, 0.1) is 0 Å². The maximum absolute atomic E-state index is 5.99. The molecule has 4 heteroatoms. The molecule has 0 radical (unpaired) electrons. The van der Waals surface area contributed by atoms with Gasteiger partial charge in [-0.25, -0.2) is 4.98 Å². The van der Waals surface area contributed by atoms with Gasteiger partial charge >= 0.3 is 0 Å². The maximum Gasteiger partial charge on any atom is 0.106 e. The minimum Gasteiger partial charge on any atom is -0.325 e. The highest BCUT2D eigenvalue weighted by Gasteiger charge is 2.22. The zero-order valence-corrected chi connectivity index (χ0v) is 11.0.